The van der Waals surface area contributed by atoms with E-state index in [1.165, 1.54) is 6.26 Å². The van der Waals surface area contributed by atoms with Crippen LogP contribution in [0.3, 0.4) is 0 Å². The van der Waals surface area contributed by atoms with Crippen molar-refractivity contribution in [3.8, 4) is 0 Å². The Labute approximate surface area is 176 Å². The molecule has 5 heteroatoms. The average molecular weight is 415 g/mol. The second-order valence-electron chi connectivity index (χ2n) is 7.07. The van der Waals surface area contributed by atoms with Crippen molar-refractivity contribution >= 4 is 29.2 Å². The number of furan rings is 1. The molecule has 1 heterocycles. The van der Waals surface area contributed by atoms with Gasteiger partial charge in [0.1, 0.15) is 0 Å². The summed E-state index contributed by atoms with van der Waals surface area (Å²) < 4.78 is 19.7. The minimum atomic E-state index is -2.96. The van der Waals surface area contributed by atoms with E-state index in [1.807, 2.05) is 90.8 Å². The van der Waals surface area contributed by atoms with E-state index in [9.17, 15) is 9.36 Å². The van der Waals surface area contributed by atoms with E-state index in [2.05, 4.69) is 0 Å². The first-order valence-corrected chi connectivity index (χ1v) is 11.6. The Kier molecular flexibility index (Phi) is 5.69. The fourth-order valence-electron chi connectivity index (χ4n) is 3.56. The van der Waals surface area contributed by atoms with Crippen molar-refractivity contribution in [2.75, 3.05) is 18.2 Å². The molecular weight excluding hydrogens is 393 g/mol. The molecule has 1 aromatic heterocycles. The van der Waals surface area contributed by atoms with Crippen LogP contribution >= 0.6 is 7.14 Å². The zero-order chi connectivity index (χ0) is 21.0. The lowest BCUT2D eigenvalue weighted by Crippen LogP contribution is -2.29. The van der Waals surface area contributed by atoms with E-state index in [4.69, 9.17) is 4.42 Å². The molecule has 150 valence electrons. The fourth-order valence-corrected chi connectivity index (χ4v) is 6.25. The van der Waals surface area contributed by atoms with Gasteiger partial charge < -0.3 is 13.9 Å². The third-order valence-electron chi connectivity index (χ3n) is 5.06. The summed E-state index contributed by atoms with van der Waals surface area (Å²) in [4.78, 5) is 14.8. The standard InChI is InChI=1S/C25H22NO3P/c1-26(23-16-9-8-15-22(23)25(27)24-17-10-18-29-24)19-30(28,20-11-4-2-5-12-20)21-13-6-3-7-14-21/h2-18H,19H2,1H3. The highest BCUT2D eigenvalue weighted by Gasteiger charge is 2.30. The third kappa shape index (κ3) is 3.87. The Morgan fingerprint density at radius 3 is 1.93 bits per heavy atom. The van der Waals surface area contributed by atoms with Gasteiger partial charge in [-0.25, -0.2) is 0 Å². The van der Waals surface area contributed by atoms with Crippen molar-refractivity contribution in [3.63, 3.8) is 0 Å². The summed E-state index contributed by atoms with van der Waals surface area (Å²) in [6.45, 7) is 0. The van der Waals surface area contributed by atoms with Crippen LogP contribution in [0.4, 0.5) is 5.69 Å². The van der Waals surface area contributed by atoms with Crippen molar-refractivity contribution < 1.29 is 13.8 Å². The van der Waals surface area contributed by atoms with Crippen LogP contribution in [0.1, 0.15) is 16.1 Å². The maximum Gasteiger partial charge on any atom is 0.230 e. The Morgan fingerprint density at radius 1 is 0.800 bits per heavy atom. The normalized spacial score (nSPS) is 11.2. The maximum atomic E-state index is 14.4. The minimum Gasteiger partial charge on any atom is -0.461 e. The zero-order valence-corrected chi connectivity index (χ0v) is 17.5. The van der Waals surface area contributed by atoms with Crippen molar-refractivity contribution in [1.82, 2.24) is 0 Å². The van der Waals surface area contributed by atoms with Gasteiger partial charge in [-0.3, -0.25) is 4.79 Å². The molecule has 0 spiro atoms. The first-order chi connectivity index (χ1) is 14.6. The van der Waals surface area contributed by atoms with E-state index in [0.717, 1.165) is 10.6 Å². The first kappa shape index (κ1) is 19.9. The van der Waals surface area contributed by atoms with Gasteiger partial charge in [0.05, 0.1) is 12.5 Å². The number of para-hydroxylation sites is 1. The molecule has 0 aliphatic heterocycles. The van der Waals surface area contributed by atoms with Crippen molar-refractivity contribution in [1.29, 1.82) is 0 Å². The number of anilines is 1. The van der Waals surface area contributed by atoms with Crippen molar-refractivity contribution in [3.05, 3.63) is 115 Å². The summed E-state index contributed by atoms with van der Waals surface area (Å²) in [7, 11) is -1.10. The van der Waals surface area contributed by atoms with E-state index in [1.54, 1.807) is 18.2 Å². The number of hydrogen-bond acceptors (Lipinski definition) is 4. The summed E-state index contributed by atoms with van der Waals surface area (Å²) in [6, 6.07) is 29.7. The van der Waals surface area contributed by atoms with Gasteiger partial charge in [-0.15, -0.1) is 0 Å². The number of rotatable bonds is 7. The van der Waals surface area contributed by atoms with E-state index >= 15 is 0 Å². The summed E-state index contributed by atoms with van der Waals surface area (Å²) in [6.07, 6.45) is 1.75. The molecular formula is C25H22NO3P. The van der Waals surface area contributed by atoms with Crippen LogP contribution in [0.25, 0.3) is 0 Å². The molecule has 4 nitrogen and oxygen atoms in total. The van der Waals surface area contributed by atoms with Crippen LogP contribution < -0.4 is 15.5 Å². The zero-order valence-electron chi connectivity index (χ0n) is 16.6. The fraction of sp³-hybridized carbons (Fsp3) is 0.0800. The van der Waals surface area contributed by atoms with Crippen molar-refractivity contribution in [2.24, 2.45) is 0 Å². The topological polar surface area (TPSA) is 50.5 Å². The number of carbonyl (C=O) groups is 1. The Balaban J connectivity index is 1.74. The van der Waals surface area contributed by atoms with Gasteiger partial charge in [-0.05, 0) is 24.3 Å². The lowest BCUT2D eigenvalue weighted by Gasteiger charge is -2.28. The smallest absolute Gasteiger partial charge is 0.230 e. The largest absolute Gasteiger partial charge is 0.461 e. The highest BCUT2D eigenvalue weighted by atomic mass is 31.2. The van der Waals surface area contributed by atoms with Gasteiger partial charge in [0.2, 0.25) is 5.78 Å². The van der Waals surface area contributed by atoms with Gasteiger partial charge in [0.25, 0.3) is 0 Å². The van der Waals surface area contributed by atoms with E-state index in [0.29, 0.717) is 11.3 Å². The quantitative estimate of drug-likeness (QED) is 0.318. The monoisotopic (exact) mass is 415 g/mol. The van der Waals surface area contributed by atoms with Crippen LogP contribution in [0.5, 0.6) is 0 Å². The lowest BCUT2D eigenvalue weighted by molar-refractivity contribution is 0.101. The van der Waals surface area contributed by atoms with E-state index in [-0.39, 0.29) is 17.8 Å². The molecule has 4 rings (SSSR count). The second kappa shape index (κ2) is 8.56. The summed E-state index contributed by atoms with van der Waals surface area (Å²) in [5.41, 5.74) is 1.23. The van der Waals surface area contributed by atoms with Crippen LogP contribution in [0.2, 0.25) is 0 Å². The van der Waals surface area contributed by atoms with Crippen LogP contribution in [0, 0.1) is 0 Å². The Bertz CT molecular complexity index is 1130. The average Bonchev–Trinajstić information content (AvgIpc) is 3.35. The predicted molar refractivity (Wildman–Crippen MR) is 122 cm³/mol. The van der Waals surface area contributed by atoms with E-state index < -0.39 is 7.14 Å². The first-order valence-electron chi connectivity index (χ1n) is 9.68. The molecule has 0 amide bonds. The molecule has 0 N–H and O–H groups in total. The number of benzene rings is 3. The summed E-state index contributed by atoms with van der Waals surface area (Å²) >= 11 is 0. The highest BCUT2D eigenvalue weighted by Crippen LogP contribution is 2.44. The molecule has 0 saturated heterocycles. The summed E-state index contributed by atoms with van der Waals surface area (Å²) in [5.74, 6) is 0.0851. The molecule has 0 aliphatic rings. The SMILES string of the molecule is CN(CP(=O)(c1ccccc1)c1ccccc1)c1ccccc1C(=O)c1ccco1. The highest BCUT2D eigenvalue weighted by molar-refractivity contribution is 7.78. The predicted octanol–water partition coefficient (Wildman–Crippen LogP) is 4.92. The summed E-state index contributed by atoms with van der Waals surface area (Å²) in [5, 5.41) is 1.58. The third-order valence-corrected chi connectivity index (χ3v) is 8.15. The number of carbonyl (C=O) groups excluding carboxylic acids is 1. The number of ketones is 1. The molecule has 0 fully saturated rings. The second-order valence-corrected chi connectivity index (χ2v) is 9.87. The Morgan fingerprint density at radius 2 is 1.37 bits per heavy atom. The molecule has 3 aromatic carbocycles. The molecule has 0 aliphatic carbocycles. The van der Waals surface area contributed by atoms with Gasteiger partial charge in [-0.1, -0.05) is 72.8 Å². The molecule has 0 saturated carbocycles. The molecule has 0 bridgehead atoms. The van der Waals surface area contributed by atoms with Gasteiger partial charge in [0, 0.05) is 28.9 Å². The van der Waals surface area contributed by atoms with Crippen LogP contribution in [-0.2, 0) is 4.57 Å². The molecule has 30 heavy (non-hydrogen) atoms. The lowest BCUT2D eigenvalue weighted by atomic mass is 10.1. The maximum absolute atomic E-state index is 14.4. The van der Waals surface area contributed by atoms with Gasteiger partial charge in [0.15, 0.2) is 12.9 Å². The molecule has 0 atom stereocenters. The van der Waals surface area contributed by atoms with Crippen LogP contribution in [-0.4, -0.2) is 19.1 Å². The minimum absolute atomic E-state index is 0.197. The molecule has 4 aromatic rings. The van der Waals surface area contributed by atoms with Gasteiger partial charge >= 0.3 is 0 Å². The van der Waals surface area contributed by atoms with Crippen LogP contribution in [0.15, 0.2) is 108 Å². The molecule has 0 unspecified atom stereocenters. The van der Waals surface area contributed by atoms with Gasteiger partial charge in [-0.2, -0.15) is 0 Å². The number of nitrogens with zero attached hydrogens (tertiary/aromatic N) is 1. The Hall–Kier alpha value is -3.36. The number of hydrogen-bond donors (Lipinski definition) is 0. The molecule has 0 radical (unpaired) electrons. The van der Waals surface area contributed by atoms with Crippen molar-refractivity contribution in [2.45, 2.75) is 0 Å².